The second-order valence-corrected chi connectivity index (χ2v) is 16.6. The molecule has 0 amide bonds. The van der Waals surface area contributed by atoms with Gasteiger partial charge in [0.15, 0.2) is 0 Å². The molecule has 0 bridgehead atoms. The van der Waals surface area contributed by atoms with Crippen molar-refractivity contribution in [2.45, 2.75) is 22.8 Å². The van der Waals surface area contributed by atoms with Crippen LogP contribution in [0, 0.1) is 0 Å². The molecule has 0 fully saturated rings. The maximum atomic E-state index is 8.19. The van der Waals surface area contributed by atoms with Crippen LogP contribution in [-0.2, 0) is 35.2 Å². The molecule has 0 saturated heterocycles. The van der Waals surface area contributed by atoms with Crippen molar-refractivity contribution in [3.63, 3.8) is 0 Å². The minimum atomic E-state index is -1.55. The molecule has 2 aromatic heterocycles. The van der Waals surface area contributed by atoms with Gasteiger partial charge in [-0.05, 0) is 93.8 Å². The van der Waals surface area contributed by atoms with Crippen molar-refractivity contribution in [3.05, 3.63) is 168 Å². The molecular formula is C40H30Cl2O2SiZr. The molecule has 0 spiro atoms. The number of benzene rings is 4. The molecule has 6 aromatic rings. The number of alkyl halides is 2. The van der Waals surface area contributed by atoms with Crippen LogP contribution in [0.5, 0.6) is 0 Å². The zero-order valence-corrected chi connectivity index (χ0v) is 30.9. The van der Waals surface area contributed by atoms with Crippen LogP contribution in [-0.4, -0.2) is 9.52 Å². The van der Waals surface area contributed by atoms with Gasteiger partial charge in [-0.25, -0.2) is 0 Å². The van der Waals surface area contributed by atoms with Crippen molar-refractivity contribution in [2.24, 2.45) is 0 Å². The largest absolute Gasteiger partial charge is 0.465 e. The Labute approximate surface area is 300 Å². The standard InChI is InChI=1S/C40H30Cl2O2Si.Zr/c1-25-35-29(27-13-5-3-6-14-27)17-9-19-31(35)39(41,37(25)33-21-11-23-43-33)45-40(42)32-20-10-18-30(28-15-7-4-8-16-28)36(32)26(2)38(40)34-22-12-24-44-34;/h3-24H,45H2,1-2H3;. The van der Waals surface area contributed by atoms with Crippen LogP contribution >= 0.6 is 23.2 Å². The molecule has 2 unspecified atom stereocenters. The van der Waals surface area contributed by atoms with Crippen LogP contribution in [0.1, 0.15) is 47.6 Å². The van der Waals surface area contributed by atoms with Crippen molar-refractivity contribution in [1.82, 2.24) is 0 Å². The van der Waals surface area contributed by atoms with E-state index in [1.807, 2.05) is 36.4 Å². The molecule has 2 aliphatic rings. The number of furan rings is 2. The first kappa shape index (κ1) is 31.2. The fourth-order valence-electron chi connectivity index (χ4n) is 7.71. The summed E-state index contributed by atoms with van der Waals surface area (Å²) >= 11 is 16.4. The molecule has 2 aliphatic carbocycles. The summed E-state index contributed by atoms with van der Waals surface area (Å²) in [4.78, 5) is 0. The summed E-state index contributed by atoms with van der Waals surface area (Å²) < 4.78 is 10.5. The van der Waals surface area contributed by atoms with E-state index in [1.54, 1.807) is 12.5 Å². The first-order valence-electron chi connectivity index (χ1n) is 15.2. The maximum absolute atomic E-state index is 8.19. The summed E-state index contributed by atoms with van der Waals surface area (Å²) in [5.74, 6) is 1.56. The Hall–Kier alpha value is -3.40. The minimum absolute atomic E-state index is 0. The van der Waals surface area contributed by atoms with E-state index in [-0.39, 0.29) is 26.2 Å². The Morgan fingerprint density at radius 1 is 0.500 bits per heavy atom. The average Bonchev–Trinajstić information content (AvgIpc) is 3.86. The van der Waals surface area contributed by atoms with Crippen LogP contribution in [0.25, 0.3) is 44.5 Å². The Balaban J connectivity index is 0.00000338. The molecule has 0 radical (unpaired) electrons. The molecule has 2 atom stereocenters. The van der Waals surface area contributed by atoms with Gasteiger partial charge in [0.05, 0.1) is 31.0 Å². The molecule has 2 heterocycles. The van der Waals surface area contributed by atoms with E-state index in [0.717, 1.165) is 78.3 Å². The zero-order chi connectivity index (χ0) is 30.8. The van der Waals surface area contributed by atoms with Crippen molar-refractivity contribution in [1.29, 1.82) is 0 Å². The van der Waals surface area contributed by atoms with Crippen LogP contribution < -0.4 is 0 Å². The third-order valence-corrected chi connectivity index (χ3v) is 13.5. The van der Waals surface area contributed by atoms with Gasteiger partial charge in [0.2, 0.25) is 0 Å². The topological polar surface area (TPSA) is 26.3 Å². The molecule has 0 aliphatic heterocycles. The number of fused-ring (bicyclic) bond motifs is 2. The van der Waals surface area contributed by atoms with Gasteiger partial charge in [0, 0.05) is 37.3 Å². The smallest absolute Gasteiger partial charge is 0.131 e. The molecule has 0 N–H and O–H groups in total. The summed E-state index contributed by atoms with van der Waals surface area (Å²) in [5, 5.41) is 0. The van der Waals surface area contributed by atoms with E-state index >= 15 is 0 Å². The molecule has 2 nitrogen and oxygen atoms in total. The summed E-state index contributed by atoms with van der Waals surface area (Å²) in [6.07, 6.45) is 3.45. The second kappa shape index (κ2) is 12.0. The second-order valence-electron chi connectivity index (χ2n) is 11.9. The third kappa shape index (κ3) is 4.68. The van der Waals surface area contributed by atoms with Gasteiger partial charge in [0.25, 0.3) is 0 Å². The fourth-order valence-corrected chi connectivity index (χ4v) is 12.8. The zero-order valence-electron chi connectivity index (χ0n) is 25.5. The first-order chi connectivity index (χ1) is 21.9. The molecular weight excluding hydrogens is 703 g/mol. The maximum Gasteiger partial charge on any atom is 0.131 e. The van der Waals surface area contributed by atoms with Gasteiger partial charge in [-0.1, -0.05) is 97.1 Å². The molecule has 4 aromatic carbocycles. The monoisotopic (exact) mass is 730 g/mol. The van der Waals surface area contributed by atoms with Gasteiger partial charge < -0.3 is 8.83 Å². The van der Waals surface area contributed by atoms with Gasteiger partial charge in [-0.15, -0.1) is 23.2 Å². The van der Waals surface area contributed by atoms with Crippen molar-refractivity contribution >= 4 is 55.0 Å². The predicted octanol–water partition coefficient (Wildman–Crippen LogP) is 10.7. The predicted molar refractivity (Wildman–Crippen MR) is 190 cm³/mol. The number of halogens is 2. The van der Waals surface area contributed by atoms with Gasteiger partial charge in [-0.2, -0.15) is 0 Å². The summed E-state index contributed by atoms with van der Waals surface area (Å²) in [6.45, 7) is 4.35. The summed E-state index contributed by atoms with van der Waals surface area (Å²) in [5.41, 5.74) is 13.4. The SMILES string of the molecule is CC1=C(c2ccco2)C(Cl)([SiH2]C2(Cl)C(c3ccco3)=C(C)c3c(-c4ccccc4)cccc32)c2cccc(-c3ccccc3)c21.[Zr]. The normalized spacial score (nSPS) is 20.3. The average molecular weight is 733 g/mol. The van der Waals surface area contributed by atoms with Gasteiger partial charge in [-0.3, -0.25) is 0 Å². The quantitative estimate of drug-likeness (QED) is 0.126. The number of hydrogen-bond donors (Lipinski definition) is 0. The van der Waals surface area contributed by atoms with E-state index in [9.17, 15) is 0 Å². The van der Waals surface area contributed by atoms with Gasteiger partial charge >= 0.3 is 0 Å². The van der Waals surface area contributed by atoms with Crippen LogP contribution in [0.3, 0.4) is 0 Å². The van der Waals surface area contributed by atoms with E-state index < -0.39 is 18.5 Å². The van der Waals surface area contributed by atoms with Gasteiger partial charge in [0.1, 0.15) is 11.5 Å². The Morgan fingerprint density at radius 3 is 1.28 bits per heavy atom. The molecule has 0 saturated carbocycles. The minimum Gasteiger partial charge on any atom is -0.465 e. The van der Waals surface area contributed by atoms with Crippen molar-refractivity contribution < 1.29 is 35.0 Å². The molecule has 46 heavy (non-hydrogen) atoms. The third-order valence-electron chi connectivity index (χ3n) is 9.47. The molecule has 6 heteroatoms. The van der Waals surface area contributed by atoms with Crippen LogP contribution in [0.2, 0.25) is 0 Å². The molecule has 8 rings (SSSR count). The fraction of sp³-hybridized carbons (Fsp3) is 0.100. The summed E-state index contributed by atoms with van der Waals surface area (Å²) in [6, 6.07) is 41.9. The van der Waals surface area contributed by atoms with Crippen LogP contribution in [0.15, 0.2) is 143 Å². The Kier molecular flexibility index (Phi) is 8.14. The van der Waals surface area contributed by atoms with E-state index in [0.29, 0.717) is 0 Å². The summed E-state index contributed by atoms with van der Waals surface area (Å²) in [7, 11) is -1.55. The first-order valence-corrected chi connectivity index (χ1v) is 17.4. The number of hydrogen-bond acceptors (Lipinski definition) is 2. The number of allylic oxidation sites excluding steroid dienone is 4. The number of rotatable bonds is 6. The van der Waals surface area contributed by atoms with E-state index in [1.165, 1.54) is 0 Å². The van der Waals surface area contributed by atoms with Crippen molar-refractivity contribution in [2.75, 3.05) is 0 Å². The van der Waals surface area contributed by atoms with Crippen LogP contribution in [0.4, 0.5) is 0 Å². The van der Waals surface area contributed by atoms with E-state index in [4.69, 9.17) is 32.0 Å². The Bertz CT molecular complexity index is 1970. The van der Waals surface area contributed by atoms with Crippen molar-refractivity contribution in [3.8, 4) is 22.3 Å². The Morgan fingerprint density at radius 2 is 0.913 bits per heavy atom. The van der Waals surface area contributed by atoms with E-state index in [2.05, 4.69) is 98.8 Å². The molecule has 224 valence electrons.